The smallest absolute Gasteiger partial charge is 0.255 e. The molecule has 1 aliphatic heterocycles. The van der Waals surface area contributed by atoms with E-state index in [9.17, 15) is 9.59 Å². The first kappa shape index (κ1) is 25.8. The highest BCUT2D eigenvalue weighted by molar-refractivity contribution is 6.76. The fourth-order valence-electron chi connectivity index (χ4n) is 4.42. The molecular formula is C26H41N5O3Si. The SMILES string of the molecule is CC(C)(C)C(NC(=O)c1cn(COCC[Si](C)(C)C)c2ncc(C3CC3)nc12)C(=O)N1CCCC1. The third-order valence-corrected chi connectivity index (χ3v) is 8.56. The molecule has 1 atom stereocenters. The van der Waals surface area contributed by atoms with Crippen LogP contribution in [0.5, 0.6) is 0 Å². The number of aromatic nitrogens is 3. The summed E-state index contributed by atoms with van der Waals surface area (Å²) >= 11 is 0. The highest BCUT2D eigenvalue weighted by Gasteiger charge is 2.37. The van der Waals surface area contributed by atoms with Crippen molar-refractivity contribution in [1.82, 2.24) is 24.8 Å². The van der Waals surface area contributed by atoms with Crippen LogP contribution in [0.3, 0.4) is 0 Å². The molecule has 2 amide bonds. The molecular weight excluding hydrogens is 458 g/mol. The van der Waals surface area contributed by atoms with Crippen LogP contribution in [0.4, 0.5) is 0 Å². The van der Waals surface area contributed by atoms with Crippen LogP contribution in [-0.2, 0) is 16.3 Å². The van der Waals surface area contributed by atoms with Crippen LogP contribution in [-0.4, -0.2) is 65.1 Å². The second-order valence-corrected chi connectivity index (χ2v) is 18.0. The number of ether oxygens (including phenoxy) is 1. The molecule has 0 aromatic carbocycles. The lowest BCUT2D eigenvalue weighted by Gasteiger charge is -2.33. The molecule has 1 saturated carbocycles. The second-order valence-electron chi connectivity index (χ2n) is 12.4. The van der Waals surface area contributed by atoms with E-state index in [1.165, 1.54) is 0 Å². The van der Waals surface area contributed by atoms with Gasteiger partial charge in [0.15, 0.2) is 5.65 Å². The first-order valence-electron chi connectivity index (χ1n) is 13.0. The zero-order valence-electron chi connectivity index (χ0n) is 22.2. The van der Waals surface area contributed by atoms with Gasteiger partial charge in [0.25, 0.3) is 5.91 Å². The Morgan fingerprint density at radius 2 is 1.89 bits per heavy atom. The quantitative estimate of drug-likeness (QED) is 0.408. The first-order chi connectivity index (χ1) is 16.4. The van der Waals surface area contributed by atoms with E-state index < -0.39 is 19.5 Å². The number of hydrogen-bond acceptors (Lipinski definition) is 5. The maximum atomic E-state index is 13.6. The maximum absolute atomic E-state index is 13.6. The highest BCUT2D eigenvalue weighted by atomic mass is 28.3. The molecule has 4 rings (SSSR count). The molecule has 0 radical (unpaired) electrons. The van der Waals surface area contributed by atoms with Crippen molar-refractivity contribution in [3.05, 3.63) is 23.7 Å². The average Bonchev–Trinajstić information content (AvgIpc) is 3.35. The minimum atomic E-state index is -1.20. The predicted molar refractivity (Wildman–Crippen MR) is 140 cm³/mol. The Balaban J connectivity index is 1.59. The number of fused-ring (bicyclic) bond motifs is 1. The number of amides is 2. The Labute approximate surface area is 209 Å². The molecule has 1 aliphatic carbocycles. The molecule has 8 nitrogen and oxygen atoms in total. The molecule has 9 heteroatoms. The Morgan fingerprint density at radius 3 is 2.49 bits per heavy atom. The van der Waals surface area contributed by atoms with Crippen molar-refractivity contribution >= 4 is 31.1 Å². The zero-order valence-corrected chi connectivity index (χ0v) is 23.2. The summed E-state index contributed by atoms with van der Waals surface area (Å²) in [6.45, 7) is 15.5. The fourth-order valence-corrected chi connectivity index (χ4v) is 5.18. The number of carbonyl (C=O) groups is 2. The van der Waals surface area contributed by atoms with E-state index in [0.717, 1.165) is 50.5 Å². The van der Waals surface area contributed by atoms with E-state index >= 15 is 0 Å². The lowest BCUT2D eigenvalue weighted by molar-refractivity contribution is -0.134. The summed E-state index contributed by atoms with van der Waals surface area (Å²) < 4.78 is 7.83. The van der Waals surface area contributed by atoms with E-state index in [1.807, 2.05) is 36.4 Å². The highest BCUT2D eigenvalue weighted by Crippen LogP contribution is 2.39. The van der Waals surface area contributed by atoms with Crippen molar-refractivity contribution < 1.29 is 14.3 Å². The van der Waals surface area contributed by atoms with Gasteiger partial charge >= 0.3 is 0 Å². The molecule has 2 fully saturated rings. The van der Waals surface area contributed by atoms with Gasteiger partial charge in [-0.1, -0.05) is 40.4 Å². The van der Waals surface area contributed by atoms with Gasteiger partial charge in [-0.05, 0) is 37.1 Å². The van der Waals surface area contributed by atoms with Crippen molar-refractivity contribution in [3.8, 4) is 0 Å². The summed E-state index contributed by atoms with van der Waals surface area (Å²) in [6.07, 6.45) is 7.86. The van der Waals surface area contributed by atoms with Crippen molar-refractivity contribution in [3.63, 3.8) is 0 Å². The van der Waals surface area contributed by atoms with Crippen LogP contribution in [0.2, 0.25) is 25.7 Å². The van der Waals surface area contributed by atoms with Crippen LogP contribution in [0.25, 0.3) is 11.2 Å². The Hall–Kier alpha value is -2.26. The number of likely N-dealkylation sites (tertiary alicyclic amines) is 1. The molecule has 2 aromatic heterocycles. The third kappa shape index (κ3) is 6.30. The van der Waals surface area contributed by atoms with Crippen molar-refractivity contribution in [2.24, 2.45) is 5.41 Å². The zero-order chi connectivity index (χ0) is 25.4. The van der Waals surface area contributed by atoms with Gasteiger partial charge in [0.05, 0.1) is 17.5 Å². The van der Waals surface area contributed by atoms with Crippen LogP contribution >= 0.6 is 0 Å². The van der Waals surface area contributed by atoms with Gasteiger partial charge in [-0.15, -0.1) is 0 Å². The molecule has 3 heterocycles. The number of nitrogens with zero attached hydrogens (tertiary/aromatic N) is 4. The van der Waals surface area contributed by atoms with Gasteiger partial charge in [-0.25, -0.2) is 9.97 Å². The topological polar surface area (TPSA) is 89.4 Å². The Bertz CT molecular complexity index is 1080. The Morgan fingerprint density at radius 1 is 1.20 bits per heavy atom. The van der Waals surface area contributed by atoms with E-state index in [0.29, 0.717) is 36.0 Å². The van der Waals surface area contributed by atoms with E-state index in [-0.39, 0.29) is 11.8 Å². The lowest BCUT2D eigenvalue weighted by atomic mass is 9.85. The fraction of sp³-hybridized carbons (Fsp3) is 0.692. The minimum absolute atomic E-state index is 0.00785. The van der Waals surface area contributed by atoms with E-state index in [1.54, 1.807) is 6.20 Å². The van der Waals surface area contributed by atoms with Gasteiger partial charge < -0.3 is 19.5 Å². The second kappa shape index (κ2) is 10.0. The number of hydrogen-bond donors (Lipinski definition) is 1. The van der Waals surface area contributed by atoms with Crippen molar-refractivity contribution in [1.29, 1.82) is 0 Å². The number of nitrogens with one attached hydrogen (secondary N) is 1. The molecule has 1 N–H and O–H groups in total. The summed E-state index contributed by atoms with van der Waals surface area (Å²) in [4.78, 5) is 38.3. The first-order valence-corrected chi connectivity index (χ1v) is 16.7. The number of carbonyl (C=O) groups excluding carboxylic acids is 2. The van der Waals surface area contributed by atoms with E-state index in [4.69, 9.17) is 9.72 Å². The number of rotatable bonds is 9. The normalized spacial score (nSPS) is 17.7. The largest absolute Gasteiger partial charge is 0.361 e. The molecule has 0 bridgehead atoms. The van der Waals surface area contributed by atoms with Gasteiger partial charge in [0.2, 0.25) is 5.91 Å². The monoisotopic (exact) mass is 499 g/mol. The predicted octanol–water partition coefficient (Wildman–Crippen LogP) is 4.39. The van der Waals surface area contributed by atoms with Crippen LogP contribution in [0.15, 0.2) is 12.4 Å². The summed E-state index contributed by atoms with van der Waals surface area (Å²) in [6, 6.07) is 0.460. The van der Waals surface area contributed by atoms with Gasteiger partial charge in [0.1, 0.15) is 18.3 Å². The molecule has 1 saturated heterocycles. The van der Waals surface area contributed by atoms with E-state index in [2.05, 4.69) is 29.9 Å². The lowest BCUT2D eigenvalue weighted by Crippen LogP contribution is -2.54. The maximum Gasteiger partial charge on any atom is 0.255 e. The molecule has 2 aliphatic rings. The summed E-state index contributed by atoms with van der Waals surface area (Å²) in [5.74, 6) is 0.135. The minimum Gasteiger partial charge on any atom is -0.361 e. The third-order valence-electron chi connectivity index (χ3n) is 6.86. The Kier molecular flexibility index (Phi) is 7.38. The van der Waals surface area contributed by atoms with Crippen LogP contribution in [0.1, 0.15) is 68.4 Å². The van der Waals surface area contributed by atoms with Crippen LogP contribution < -0.4 is 5.32 Å². The van der Waals surface area contributed by atoms with Gasteiger partial charge in [0, 0.05) is 39.9 Å². The van der Waals surface area contributed by atoms with Crippen LogP contribution in [0, 0.1) is 5.41 Å². The van der Waals surface area contributed by atoms with Gasteiger partial charge in [-0.2, -0.15) is 0 Å². The molecule has 0 spiro atoms. The average molecular weight is 500 g/mol. The molecule has 1 unspecified atom stereocenters. The summed E-state index contributed by atoms with van der Waals surface area (Å²) in [5, 5.41) is 3.06. The molecule has 2 aromatic rings. The molecule has 192 valence electrons. The standard InChI is InChI=1S/C26H41N5O3Si/c1-26(2,3)22(25(33)30-11-7-8-12-30)29-24(32)19-16-31(17-34-13-14-35(4,5)6)23-21(19)28-20(15-27-23)18-9-10-18/h15-16,18,22H,7-14,17H2,1-6H3,(H,29,32). The summed E-state index contributed by atoms with van der Waals surface area (Å²) in [5.41, 5.74) is 2.20. The van der Waals surface area contributed by atoms with Gasteiger partial charge in [-0.3, -0.25) is 9.59 Å². The summed E-state index contributed by atoms with van der Waals surface area (Å²) in [7, 11) is -1.20. The van der Waals surface area contributed by atoms with Crippen molar-refractivity contribution in [2.75, 3.05) is 19.7 Å². The molecule has 35 heavy (non-hydrogen) atoms. The van der Waals surface area contributed by atoms with Crippen molar-refractivity contribution in [2.45, 2.75) is 90.8 Å².